The van der Waals surface area contributed by atoms with Crippen LogP contribution in [0.25, 0.3) is 10.4 Å². The van der Waals surface area contributed by atoms with Crippen molar-refractivity contribution in [2.45, 2.75) is 20.3 Å². The van der Waals surface area contributed by atoms with E-state index in [4.69, 9.17) is 5.53 Å². The molecule has 4 heteroatoms. The van der Waals surface area contributed by atoms with E-state index in [-0.39, 0.29) is 0 Å². The lowest BCUT2D eigenvalue weighted by molar-refractivity contribution is 0.145. The molecule has 2 unspecified atom stereocenters. The Morgan fingerprint density at radius 2 is 2.00 bits per heavy atom. The standard InChI is InChI=1S/C9H18N4/c1-8-5-9(2)7-13(6-8)4-3-11-12-10/h8-9H,3-7H2,1-2H3. The molecule has 0 aliphatic carbocycles. The number of nitrogens with zero attached hydrogens (tertiary/aromatic N) is 4. The predicted molar refractivity (Wildman–Crippen MR) is 53.4 cm³/mol. The molecule has 13 heavy (non-hydrogen) atoms. The zero-order valence-corrected chi connectivity index (χ0v) is 8.48. The highest BCUT2D eigenvalue weighted by atomic mass is 15.2. The van der Waals surface area contributed by atoms with Crippen molar-refractivity contribution in [1.29, 1.82) is 0 Å². The first-order valence-corrected chi connectivity index (χ1v) is 4.95. The Morgan fingerprint density at radius 3 is 2.54 bits per heavy atom. The van der Waals surface area contributed by atoms with E-state index in [0.29, 0.717) is 6.54 Å². The fraction of sp³-hybridized carbons (Fsp3) is 1.00. The van der Waals surface area contributed by atoms with Gasteiger partial charge >= 0.3 is 0 Å². The minimum atomic E-state index is 0.607. The normalized spacial score (nSPS) is 29.7. The van der Waals surface area contributed by atoms with E-state index >= 15 is 0 Å². The van der Waals surface area contributed by atoms with E-state index in [1.165, 1.54) is 6.42 Å². The second-order valence-electron chi connectivity index (χ2n) is 4.16. The zero-order chi connectivity index (χ0) is 9.68. The molecule has 1 fully saturated rings. The van der Waals surface area contributed by atoms with Crippen LogP contribution in [0.4, 0.5) is 0 Å². The molecule has 0 aromatic rings. The zero-order valence-electron chi connectivity index (χ0n) is 8.48. The van der Waals surface area contributed by atoms with E-state index in [2.05, 4.69) is 28.8 Å². The third-order valence-corrected chi connectivity index (χ3v) is 2.52. The van der Waals surface area contributed by atoms with Gasteiger partial charge in [-0.15, -0.1) is 0 Å². The third kappa shape index (κ3) is 3.66. The Balaban J connectivity index is 2.28. The van der Waals surface area contributed by atoms with Crippen LogP contribution in [-0.2, 0) is 0 Å². The van der Waals surface area contributed by atoms with Gasteiger partial charge in [-0.05, 0) is 23.8 Å². The SMILES string of the molecule is CC1CC(C)CN(CCN=[N+]=[N-])C1. The van der Waals surface area contributed by atoms with Gasteiger partial charge in [-0.2, -0.15) is 0 Å². The van der Waals surface area contributed by atoms with Gasteiger partial charge in [0, 0.05) is 31.1 Å². The van der Waals surface area contributed by atoms with Crippen molar-refractivity contribution in [2.75, 3.05) is 26.2 Å². The summed E-state index contributed by atoms with van der Waals surface area (Å²) in [5, 5.41) is 3.55. The molecular weight excluding hydrogens is 164 g/mol. The maximum atomic E-state index is 8.14. The highest BCUT2D eigenvalue weighted by molar-refractivity contribution is 4.74. The molecule has 0 spiro atoms. The van der Waals surface area contributed by atoms with Gasteiger partial charge in [-0.1, -0.05) is 19.0 Å². The molecule has 1 saturated heterocycles. The molecule has 0 amide bonds. The smallest absolute Gasteiger partial charge is 0.0385 e. The van der Waals surface area contributed by atoms with Crippen LogP contribution in [-0.4, -0.2) is 31.1 Å². The quantitative estimate of drug-likeness (QED) is 0.375. The molecule has 4 nitrogen and oxygen atoms in total. The van der Waals surface area contributed by atoms with E-state index < -0.39 is 0 Å². The van der Waals surface area contributed by atoms with Gasteiger partial charge in [-0.25, -0.2) is 0 Å². The molecule has 1 heterocycles. The van der Waals surface area contributed by atoms with E-state index in [1.807, 2.05) is 0 Å². The fourth-order valence-corrected chi connectivity index (χ4v) is 2.21. The van der Waals surface area contributed by atoms with Crippen molar-refractivity contribution in [1.82, 2.24) is 4.90 Å². The Labute approximate surface area is 79.5 Å². The number of piperidine rings is 1. The maximum absolute atomic E-state index is 8.14. The first-order valence-electron chi connectivity index (χ1n) is 4.95. The second kappa shape index (κ2) is 5.10. The molecule has 1 rings (SSSR count). The molecule has 2 atom stereocenters. The lowest BCUT2D eigenvalue weighted by Gasteiger charge is -2.34. The largest absolute Gasteiger partial charge is 0.303 e. The Hall–Kier alpha value is -0.730. The summed E-state index contributed by atoms with van der Waals surface area (Å²) in [6.07, 6.45) is 1.33. The van der Waals surface area contributed by atoms with Crippen LogP contribution in [0.5, 0.6) is 0 Å². The van der Waals surface area contributed by atoms with Crippen LogP contribution < -0.4 is 0 Å². The van der Waals surface area contributed by atoms with Gasteiger partial charge in [0.15, 0.2) is 0 Å². The monoisotopic (exact) mass is 182 g/mol. The summed E-state index contributed by atoms with van der Waals surface area (Å²) >= 11 is 0. The molecule has 0 saturated carbocycles. The maximum Gasteiger partial charge on any atom is 0.0385 e. The molecule has 1 aliphatic rings. The number of likely N-dealkylation sites (tertiary alicyclic amines) is 1. The molecule has 0 bridgehead atoms. The molecule has 0 radical (unpaired) electrons. The summed E-state index contributed by atoms with van der Waals surface area (Å²) in [7, 11) is 0. The first-order chi connectivity index (χ1) is 6.22. The summed E-state index contributed by atoms with van der Waals surface area (Å²) in [5.41, 5.74) is 8.14. The summed E-state index contributed by atoms with van der Waals surface area (Å²) in [6.45, 7) is 8.41. The number of azide groups is 1. The lowest BCUT2D eigenvalue weighted by Crippen LogP contribution is -2.39. The minimum Gasteiger partial charge on any atom is -0.303 e. The van der Waals surface area contributed by atoms with E-state index in [9.17, 15) is 0 Å². The van der Waals surface area contributed by atoms with E-state index in [0.717, 1.165) is 31.5 Å². The van der Waals surface area contributed by atoms with Crippen LogP contribution in [0.2, 0.25) is 0 Å². The lowest BCUT2D eigenvalue weighted by atomic mass is 9.92. The second-order valence-corrected chi connectivity index (χ2v) is 4.16. The average molecular weight is 182 g/mol. The summed E-state index contributed by atoms with van der Waals surface area (Å²) in [6, 6.07) is 0. The Kier molecular flexibility index (Phi) is 4.06. The van der Waals surface area contributed by atoms with Crippen LogP contribution in [0.15, 0.2) is 5.11 Å². The van der Waals surface area contributed by atoms with Crippen molar-refractivity contribution < 1.29 is 0 Å². The average Bonchev–Trinajstić information content (AvgIpc) is 2.03. The van der Waals surface area contributed by atoms with Crippen LogP contribution in [0.3, 0.4) is 0 Å². The summed E-state index contributed by atoms with van der Waals surface area (Å²) < 4.78 is 0. The van der Waals surface area contributed by atoms with Crippen LogP contribution in [0.1, 0.15) is 20.3 Å². The number of hydrogen-bond donors (Lipinski definition) is 0. The van der Waals surface area contributed by atoms with Crippen molar-refractivity contribution in [2.24, 2.45) is 17.0 Å². The molecule has 74 valence electrons. The van der Waals surface area contributed by atoms with Crippen molar-refractivity contribution >= 4 is 0 Å². The first kappa shape index (κ1) is 10.4. The summed E-state index contributed by atoms with van der Waals surface area (Å²) in [5.74, 6) is 1.57. The molecule has 0 aromatic carbocycles. The van der Waals surface area contributed by atoms with Crippen LogP contribution >= 0.6 is 0 Å². The van der Waals surface area contributed by atoms with Crippen molar-refractivity contribution in [3.05, 3.63) is 10.4 Å². The Morgan fingerprint density at radius 1 is 1.38 bits per heavy atom. The summed E-state index contributed by atoms with van der Waals surface area (Å²) in [4.78, 5) is 5.15. The van der Waals surface area contributed by atoms with Gasteiger partial charge in [0.05, 0.1) is 0 Å². The predicted octanol–water partition coefficient (Wildman–Crippen LogP) is 2.27. The molecular formula is C9H18N4. The highest BCUT2D eigenvalue weighted by Crippen LogP contribution is 2.20. The van der Waals surface area contributed by atoms with Gasteiger partial charge in [0.2, 0.25) is 0 Å². The van der Waals surface area contributed by atoms with Crippen LogP contribution in [0, 0.1) is 11.8 Å². The van der Waals surface area contributed by atoms with Gasteiger partial charge < -0.3 is 4.90 Å². The molecule has 0 aromatic heterocycles. The van der Waals surface area contributed by atoms with Crippen molar-refractivity contribution in [3.8, 4) is 0 Å². The Bertz CT molecular complexity index is 188. The van der Waals surface area contributed by atoms with E-state index in [1.54, 1.807) is 0 Å². The minimum absolute atomic E-state index is 0.607. The third-order valence-electron chi connectivity index (χ3n) is 2.52. The molecule has 0 N–H and O–H groups in total. The van der Waals surface area contributed by atoms with Gasteiger partial charge in [0.25, 0.3) is 0 Å². The van der Waals surface area contributed by atoms with Gasteiger partial charge in [0.1, 0.15) is 0 Å². The molecule has 1 aliphatic heterocycles. The fourth-order valence-electron chi connectivity index (χ4n) is 2.21. The number of hydrogen-bond acceptors (Lipinski definition) is 2. The topological polar surface area (TPSA) is 52.0 Å². The highest BCUT2D eigenvalue weighted by Gasteiger charge is 2.20. The number of rotatable bonds is 3. The van der Waals surface area contributed by atoms with Crippen molar-refractivity contribution in [3.63, 3.8) is 0 Å². The van der Waals surface area contributed by atoms with Gasteiger partial charge in [-0.3, -0.25) is 0 Å².